The summed E-state index contributed by atoms with van der Waals surface area (Å²) in [6, 6.07) is 0. The molecular formula is C16H30. The van der Waals surface area contributed by atoms with E-state index in [0.29, 0.717) is 5.92 Å². The van der Waals surface area contributed by atoms with E-state index in [1.165, 1.54) is 6.42 Å². The zero-order chi connectivity index (χ0) is 13.0. The lowest BCUT2D eigenvalue weighted by molar-refractivity contribution is 0.299. The average molecular weight is 222 g/mol. The Hall–Kier alpha value is -0.440. The van der Waals surface area contributed by atoms with Crippen LogP contribution in [0.25, 0.3) is 0 Å². The summed E-state index contributed by atoms with van der Waals surface area (Å²) >= 11 is 0. The van der Waals surface area contributed by atoms with Gasteiger partial charge in [-0.15, -0.1) is 0 Å². The van der Waals surface area contributed by atoms with Crippen molar-refractivity contribution in [2.45, 2.75) is 68.2 Å². The molecule has 0 spiro atoms. The quantitative estimate of drug-likeness (QED) is 0.578. The molecule has 0 aliphatic carbocycles. The van der Waals surface area contributed by atoms with Gasteiger partial charge in [0.2, 0.25) is 0 Å². The fourth-order valence-electron chi connectivity index (χ4n) is 2.02. The largest absolute Gasteiger partial charge is 0.0965 e. The van der Waals surface area contributed by atoms with Crippen LogP contribution < -0.4 is 0 Å². The van der Waals surface area contributed by atoms with E-state index in [-0.39, 0.29) is 10.8 Å². The van der Waals surface area contributed by atoms with Gasteiger partial charge in [-0.2, -0.15) is 0 Å². The lowest BCUT2D eigenvalue weighted by Gasteiger charge is -2.28. The van der Waals surface area contributed by atoms with E-state index >= 15 is 0 Å². The smallest absolute Gasteiger partial charge is 0.0307 e. The van der Waals surface area contributed by atoms with Crippen LogP contribution in [0, 0.1) is 34.5 Å². The molecule has 1 unspecified atom stereocenters. The Morgan fingerprint density at radius 2 is 1.44 bits per heavy atom. The van der Waals surface area contributed by atoms with Crippen LogP contribution in [0.1, 0.15) is 68.2 Å². The average Bonchev–Trinajstić information content (AvgIpc) is 2.12. The SMILES string of the molecule is CCC(C)(C#CC(C)(C)CC(C)C)C(C)C. The van der Waals surface area contributed by atoms with Crippen molar-refractivity contribution in [2.24, 2.45) is 22.7 Å². The van der Waals surface area contributed by atoms with E-state index in [0.717, 1.165) is 12.3 Å². The minimum atomic E-state index is 0.152. The van der Waals surface area contributed by atoms with Gasteiger partial charge < -0.3 is 0 Å². The monoisotopic (exact) mass is 222 g/mol. The normalized spacial score (nSPS) is 15.9. The second-order valence-electron chi connectivity index (χ2n) is 6.66. The zero-order valence-electron chi connectivity index (χ0n) is 12.6. The number of hydrogen-bond donors (Lipinski definition) is 0. The van der Waals surface area contributed by atoms with Crippen LogP contribution in [0.2, 0.25) is 0 Å². The van der Waals surface area contributed by atoms with Gasteiger partial charge in [-0.25, -0.2) is 0 Å². The first-order valence-corrected chi connectivity index (χ1v) is 6.67. The van der Waals surface area contributed by atoms with Crippen LogP contribution >= 0.6 is 0 Å². The van der Waals surface area contributed by atoms with Crippen LogP contribution in [-0.4, -0.2) is 0 Å². The van der Waals surface area contributed by atoms with Crippen LogP contribution in [0.5, 0.6) is 0 Å². The Morgan fingerprint density at radius 1 is 0.938 bits per heavy atom. The van der Waals surface area contributed by atoms with Gasteiger partial charge in [-0.05, 0) is 45.4 Å². The maximum Gasteiger partial charge on any atom is 0.0307 e. The first-order chi connectivity index (χ1) is 7.13. The second kappa shape index (κ2) is 5.76. The molecule has 0 nitrogen and oxygen atoms in total. The van der Waals surface area contributed by atoms with Gasteiger partial charge in [0, 0.05) is 10.8 Å². The summed E-state index contributed by atoms with van der Waals surface area (Å²) in [6.07, 6.45) is 2.31. The fourth-order valence-corrected chi connectivity index (χ4v) is 2.02. The first-order valence-electron chi connectivity index (χ1n) is 6.67. The maximum absolute atomic E-state index is 3.54. The van der Waals surface area contributed by atoms with Gasteiger partial charge in [0.1, 0.15) is 0 Å². The van der Waals surface area contributed by atoms with E-state index in [9.17, 15) is 0 Å². The van der Waals surface area contributed by atoms with Crippen LogP contribution in [0.4, 0.5) is 0 Å². The summed E-state index contributed by atoms with van der Waals surface area (Å²) < 4.78 is 0. The summed E-state index contributed by atoms with van der Waals surface area (Å²) in [5.74, 6) is 8.40. The van der Waals surface area contributed by atoms with E-state index in [1.807, 2.05) is 0 Å². The van der Waals surface area contributed by atoms with Gasteiger partial charge in [0.25, 0.3) is 0 Å². The standard InChI is InChI=1S/C16H30/c1-9-16(8,14(4)5)11-10-15(6,7)12-13(2)3/h13-14H,9,12H2,1-8H3. The molecule has 0 aromatic carbocycles. The van der Waals surface area contributed by atoms with E-state index in [4.69, 9.17) is 0 Å². The Morgan fingerprint density at radius 3 is 1.75 bits per heavy atom. The van der Waals surface area contributed by atoms with Gasteiger partial charge in [0.15, 0.2) is 0 Å². The van der Waals surface area contributed by atoms with E-state index in [2.05, 4.69) is 67.2 Å². The van der Waals surface area contributed by atoms with Crippen molar-refractivity contribution in [3.05, 3.63) is 0 Å². The molecule has 0 heteroatoms. The molecule has 0 bridgehead atoms. The lowest BCUT2D eigenvalue weighted by Crippen LogP contribution is -2.21. The molecule has 0 aromatic heterocycles. The minimum Gasteiger partial charge on any atom is -0.0965 e. The molecule has 0 amide bonds. The van der Waals surface area contributed by atoms with Crippen molar-refractivity contribution < 1.29 is 0 Å². The molecule has 16 heavy (non-hydrogen) atoms. The zero-order valence-corrected chi connectivity index (χ0v) is 12.6. The van der Waals surface area contributed by atoms with Gasteiger partial charge in [-0.1, -0.05) is 46.5 Å². The molecule has 0 aliphatic rings. The predicted molar refractivity (Wildman–Crippen MR) is 74.2 cm³/mol. The third kappa shape index (κ3) is 5.06. The highest BCUT2D eigenvalue weighted by molar-refractivity contribution is 5.16. The molecule has 0 saturated carbocycles. The Balaban J connectivity index is 4.81. The van der Waals surface area contributed by atoms with Crippen molar-refractivity contribution >= 4 is 0 Å². The summed E-state index contributed by atoms with van der Waals surface area (Å²) in [5.41, 5.74) is 0.327. The van der Waals surface area contributed by atoms with Gasteiger partial charge >= 0.3 is 0 Å². The Labute approximate surface area is 103 Å². The van der Waals surface area contributed by atoms with Crippen molar-refractivity contribution in [1.82, 2.24) is 0 Å². The summed E-state index contributed by atoms with van der Waals surface area (Å²) in [4.78, 5) is 0. The van der Waals surface area contributed by atoms with Crippen LogP contribution in [0.3, 0.4) is 0 Å². The molecule has 94 valence electrons. The van der Waals surface area contributed by atoms with Crippen LogP contribution in [-0.2, 0) is 0 Å². The highest BCUT2D eigenvalue weighted by Gasteiger charge is 2.25. The topological polar surface area (TPSA) is 0 Å². The number of rotatable bonds is 4. The molecule has 0 radical (unpaired) electrons. The predicted octanol–water partition coefficient (Wildman–Crippen LogP) is 5.13. The second-order valence-corrected chi connectivity index (χ2v) is 6.66. The van der Waals surface area contributed by atoms with Gasteiger partial charge in [0.05, 0.1) is 0 Å². The first kappa shape index (κ1) is 15.6. The van der Waals surface area contributed by atoms with Crippen molar-refractivity contribution in [1.29, 1.82) is 0 Å². The molecule has 0 saturated heterocycles. The Bertz CT molecular complexity index is 259. The maximum atomic E-state index is 3.54. The third-order valence-electron chi connectivity index (χ3n) is 3.61. The summed E-state index contributed by atoms with van der Waals surface area (Å²) in [5, 5.41) is 0. The highest BCUT2D eigenvalue weighted by atomic mass is 14.3. The van der Waals surface area contributed by atoms with Crippen molar-refractivity contribution in [3.8, 4) is 11.8 Å². The molecule has 0 heterocycles. The van der Waals surface area contributed by atoms with Crippen molar-refractivity contribution in [2.75, 3.05) is 0 Å². The molecular weight excluding hydrogens is 192 g/mol. The van der Waals surface area contributed by atoms with Gasteiger partial charge in [-0.3, -0.25) is 0 Å². The van der Waals surface area contributed by atoms with Crippen molar-refractivity contribution in [3.63, 3.8) is 0 Å². The highest BCUT2D eigenvalue weighted by Crippen LogP contribution is 2.31. The minimum absolute atomic E-state index is 0.152. The Kier molecular flexibility index (Phi) is 5.60. The molecule has 0 aliphatic heterocycles. The molecule has 0 N–H and O–H groups in total. The van der Waals surface area contributed by atoms with Crippen LogP contribution in [0.15, 0.2) is 0 Å². The molecule has 0 rings (SSSR count). The molecule has 0 fully saturated rings. The summed E-state index contributed by atoms with van der Waals surface area (Å²) in [7, 11) is 0. The van der Waals surface area contributed by atoms with E-state index in [1.54, 1.807) is 0 Å². The molecule has 0 aromatic rings. The fraction of sp³-hybridized carbons (Fsp3) is 0.875. The summed E-state index contributed by atoms with van der Waals surface area (Å²) in [6.45, 7) is 18.1. The number of hydrogen-bond acceptors (Lipinski definition) is 0. The third-order valence-corrected chi connectivity index (χ3v) is 3.61. The molecule has 1 atom stereocenters. The lowest BCUT2D eigenvalue weighted by atomic mass is 9.75. The van der Waals surface area contributed by atoms with E-state index < -0.39 is 0 Å².